The number of nitrogens with one attached hydrogen (secondary N) is 2. The van der Waals surface area contributed by atoms with Crippen LogP contribution in [0, 0.1) is 0 Å². The van der Waals surface area contributed by atoms with Crippen molar-refractivity contribution in [2.24, 2.45) is 0 Å². The van der Waals surface area contributed by atoms with Crippen molar-refractivity contribution < 1.29 is 8.42 Å². The largest absolute Gasteiger partial charge is 0.369 e. The van der Waals surface area contributed by atoms with Crippen molar-refractivity contribution in [2.75, 3.05) is 40.0 Å². The van der Waals surface area contributed by atoms with Crippen LogP contribution in [0.15, 0.2) is 58.2 Å². The standard InChI is InChI=1S/C26H30N6O3S/c1-31(2)36(34,35)20-10-8-19(9-11-20)23-21(22-24(28-23)29-26(27)30-25(22)33)18-6-4-16(5-7-18)17-12-14-32(3)15-13-17/h4-11,17H,12-15H2,1-3H3,(H4,27,28,29,30,33). The van der Waals surface area contributed by atoms with Gasteiger partial charge in [-0.3, -0.25) is 9.78 Å². The van der Waals surface area contributed by atoms with Crippen LogP contribution in [0.3, 0.4) is 0 Å². The second-order valence-corrected chi connectivity index (χ2v) is 11.7. The fourth-order valence-corrected chi connectivity index (χ4v) is 5.79. The molecule has 1 aliphatic heterocycles. The molecule has 0 aliphatic carbocycles. The number of aromatic nitrogens is 3. The molecule has 0 atom stereocenters. The van der Waals surface area contributed by atoms with E-state index in [-0.39, 0.29) is 16.4 Å². The number of anilines is 1. The Kier molecular flexibility index (Phi) is 6.19. The van der Waals surface area contributed by atoms with Crippen LogP contribution in [0.2, 0.25) is 0 Å². The second-order valence-electron chi connectivity index (χ2n) is 9.56. The number of piperidine rings is 1. The van der Waals surface area contributed by atoms with Gasteiger partial charge in [-0.2, -0.15) is 4.98 Å². The highest BCUT2D eigenvalue weighted by Crippen LogP contribution is 2.38. The Morgan fingerprint density at radius 3 is 2.19 bits per heavy atom. The SMILES string of the molecule is CN1CCC(c2ccc(-c3c(-c4ccc(S(=O)(=O)N(C)C)cc4)[nH]c4nc(N)[nH]c(=O)c34)cc2)CC1. The third kappa shape index (κ3) is 4.32. The first kappa shape index (κ1) is 24.2. The average molecular weight is 507 g/mol. The maximum absolute atomic E-state index is 13.0. The van der Waals surface area contributed by atoms with Crippen molar-refractivity contribution in [3.8, 4) is 22.4 Å². The third-order valence-electron chi connectivity index (χ3n) is 6.99. The first-order valence-electron chi connectivity index (χ1n) is 11.9. The van der Waals surface area contributed by atoms with Crippen LogP contribution >= 0.6 is 0 Å². The van der Waals surface area contributed by atoms with Crippen LogP contribution in [-0.2, 0) is 10.0 Å². The lowest BCUT2D eigenvalue weighted by Crippen LogP contribution is -2.29. The number of H-pyrrole nitrogens is 2. The van der Waals surface area contributed by atoms with E-state index in [1.54, 1.807) is 24.3 Å². The maximum atomic E-state index is 13.0. The smallest absolute Gasteiger partial charge is 0.262 e. The van der Waals surface area contributed by atoms with Crippen LogP contribution in [-0.4, -0.2) is 66.8 Å². The minimum absolute atomic E-state index is 0.0249. The minimum atomic E-state index is -3.56. The van der Waals surface area contributed by atoms with E-state index < -0.39 is 10.0 Å². The van der Waals surface area contributed by atoms with Crippen molar-refractivity contribution in [1.82, 2.24) is 24.2 Å². The Hall–Kier alpha value is -3.47. The van der Waals surface area contributed by atoms with Crippen molar-refractivity contribution in [3.05, 3.63) is 64.4 Å². The molecule has 5 rings (SSSR count). The summed E-state index contributed by atoms with van der Waals surface area (Å²) in [5.74, 6) is 0.547. The van der Waals surface area contributed by atoms with E-state index in [4.69, 9.17) is 5.73 Å². The summed E-state index contributed by atoms with van der Waals surface area (Å²) in [6.07, 6.45) is 2.25. The van der Waals surface area contributed by atoms with Gasteiger partial charge < -0.3 is 15.6 Å². The zero-order valence-electron chi connectivity index (χ0n) is 20.6. The van der Waals surface area contributed by atoms with E-state index >= 15 is 0 Å². The molecular weight excluding hydrogens is 476 g/mol. The molecule has 0 amide bonds. The molecule has 0 bridgehead atoms. The number of fused-ring (bicyclic) bond motifs is 1. The van der Waals surface area contributed by atoms with Gasteiger partial charge in [0, 0.05) is 19.7 Å². The van der Waals surface area contributed by atoms with Gasteiger partial charge in [-0.1, -0.05) is 36.4 Å². The van der Waals surface area contributed by atoms with Gasteiger partial charge in [-0.25, -0.2) is 12.7 Å². The Morgan fingerprint density at radius 1 is 0.972 bits per heavy atom. The van der Waals surface area contributed by atoms with Crippen LogP contribution in [0.5, 0.6) is 0 Å². The van der Waals surface area contributed by atoms with E-state index in [2.05, 4.69) is 39.0 Å². The number of rotatable bonds is 5. The maximum Gasteiger partial charge on any atom is 0.262 e. The highest BCUT2D eigenvalue weighted by atomic mass is 32.2. The lowest BCUT2D eigenvalue weighted by Gasteiger charge is -2.29. The molecule has 2 aromatic heterocycles. The van der Waals surface area contributed by atoms with Gasteiger partial charge in [0.25, 0.3) is 5.56 Å². The summed E-state index contributed by atoms with van der Waals surface area (Å²) >= 11 is 0. The number of nitrogens with two attached hydrogens (primary N) is 1. The van der Waals surface area contributed by atoms with Gasteiger partial charge >= 0.3 is 0 Å². The summed E-state index contributed by atoms with van der Waals surface area (Å²) < 4.78 is 26.2. The number of sulfonamides is 1. The van der Waals surface area contributed by atoms with Gasteiger partial charge in [0.1, 0.15) is 5.65 Å². The van der Waals surface area contributed by atoms with Crippen LogP contribution in [0.4, 0.5) is 5.95 Å². The third-order valence-corrected chi connectivity index (χ3v) is 8.82. The molecule has 0 unspecified atom stereocenters. The summed E-state index contributed by atoms with van der Waals surface area (Å²) in [5, 5.41) is 0.413. The number of nitrogens with zero attached hydrogens (tertiary/aromatic N) is 3. The fourth-order valence-electron chi connectivity index (χ4n) is 4.89. The lowest BCUT2D eigenvalue weighted by atomic mass is 9.88. The molecule has 0 saturated carbocycles. The molecule has 188 valence electrons. The Balaban J connectivity index is 1.61. The van der Waals surface area contributed by atoms with Gasteiger partial charge in [-0.05, 0) is 67.7 Å². The van der Waals surface area contributed by atoms with E-state index in [1.165, 1.54) is 24.0 Å². The first-order valence-corrected chi connectivity index (χ1v) is 13.3. The molecule has 0 radical (unpaired) electrons. The monoisotopic (exact) mass is 506 g/mol. The summed E-state index contributed by atoms with van der Waals surface area (Å²) in [7, 11) is 1.59. The summed E-state index contributed by atoms with van der Waals surface area (Å²) in [5.41, 5.74) is 10.1. The number of hydrogen-bond acceptors (Lipinski definition) is 6. The van der Waals surface area contributed by atoms with Crippen molar-refractivity contribution in [2.45, 2.75) is 23.7 Å². The summed E-state index contributed by atoms with van der Waals surface area (Å²) in [6.45, 7) is 2.17. The predicted molar refractivity (Wildman–Crippen MR) is 142 cm³/mol. The van der Waals surface area contributed by atoms with E-state index in [0.717, 1.165) is 37.1 Å². The molecule has 1 fully saturated rings. The van der Waals surface area contributed by atoms with Crippen molar-refractivity contribution >= 4 is 27.0 Å². The molecule has 1 aliphatic rings. The number of nitrogen functional groups attached to an aromatic ring is 1. The number of hydrogen-bond donors (Lipinski definition) is 3. The number of benzene rings is 2. The molecular formula is C26H30N6O3S. The van der Waals surface area contributed by atoms with Crippen LogP contribution in [0.1, 0.15) is 24.3 Å². The van der Waals surface area contributed by atoms with E-state index in [0.29, 0.717) is 28.2 Å². The molecule has 0 spiro atoms. The highest BCUT2D eigenvalue weighted by Gasteiger charge is 2.23. The van der Waals surface area contributed by atoms with Crippen molar-refractivity contribution in [3.63, 3.8) is 0 Å². The van der Waals surface area contributed by atoms with Crippen LogP contribution < -0.4 is 11.3 Å². The summed E-state index contributed by atoms with van der Waals surface area (Å²) in [4.78, 5) is 25.7. The molecule has 9 nitrogen and oxygen atoms in total. The predicted octanol–water partition coefficient (Wildman–Crippen LogP) is 3.23. The van der Waals surface area contributed by atoms with Gasteiger partial charge in [0.05, 0.1) is 16.0 Å². The quantitative estimate of drug-likeness (QED) is 0.381. The van der Waals surface area contributed by atoms with Crippen LogP contribution in [0.25, 0.3) is 33.4 Å². The highest BCUT2D eigenvalue weighted by molar-refractivity contribution is 7.89. The fraction of sp³-hybridized carbons (Fsp3) is 0.308. The first-order chi connectivity index (χ1) is 17.1. The second kappa shape index (κ2) is 9.20. The molecule has 1 saturated heterocycles. The molecule has 2 aromatic carbocycles. The Labute approximate surface area is 210 Å². The summed E-state index contributed by atoms with van der Waals surface area (Å²) in [6, 6.07) is 15.0. The van der Waals surface area contributed by atoms with Crippen molar-refractivity contribution in [1.29, 1.82) is 0 Å². The zero-order chi connectivity index (χ0) is 25.6. The van der Waals surface area contributed by atoms with Gasteiger partial charge in [-0.15, -0.1) is 0 Å². The topological polar surface area (TPSA) is 128 Å². The average Bonchev–Trinajstić information content (AvgIpc) is 3.24. The zero-order valence-corrected chi connectivity index (χ0v) is 21.4. The van der Waals surface area contributed by atoms with E-state index in [9.17, 15) is 13.2 Å². The molecule has 36 heavy (non-hydrogen) atoms. The molecule has 4 N–H and O–H groups in total. The number of aromatic amines is 2. The normalized spacial score (nSPS) is 15.7. The molecule has 3 heterocycles. The number of likely N-dealkylation sites (tertiary alicyclic amines) is 1. The molecule has 10 heteroatoms. The Morgan fingerprint density at radius 2 is 1.58 bits per heavy atom. The molecule has 4 aromatic rings. The van der Waals surface area contributed by atoms with Gasteiger partial charge in [0.2, 0.25) is 16.0 Å². The minimum Gasteiger partial charge on any atom is -0.369 e. The van der Waals surface area contributed by atoms with E-state index in [1.807, 2.05) is 12.1 Å². The Bertz CT molecular complexity index is 1560. The van der Waals surface area contributed by atoms with Gasteiger partial charge in [0.15, 0.2) is 0 Å². The lowest BCUT2D eigenvalue weighted by molar-refractivity contribution is 0.255.